The fourth-order valence-corrected chi connectivity index (χ4v) is 3.48. The second kappa shape index (κ2) is 5.77. The number of amides is 1. The van der Waals surface area contributed by atoms with Crippen LogP contribution >= 0.6 is 11.3 Å². The zero-order valence-corrected chi connectivity index (χ0v) is 13.8. The van der Waals surface area contributed by atoms with Crippen LogP contribution in [0.3, 0.4) is 0 Å². The predicted molar refractivity (Wildman–Crippen MR) is 84.6 cm³/mol. The lowest BCUT2D eigenvalue weighted by molar-refractivity contribution is -0.150. The molecule has 3 heterocycles. The number of hydrogen-bond acceptors (Lipinski definition) is 5. The Morgan fingerprint density at radius 3 is 2.48 bits per heavy atom. The number of carbonyl (C=O) groups excluding carboxylic acids is 1. The summed E-state index contributed by atoms with van der Waals surface area (Å²) in [7, 11) is 0. The lowest BCUT2D eigenvalue weighted by Gasteiger charge is -2.38. The van der Waals surface area contributed by atoms with Crippen LogP contribution in [-0.4, -0.2) is 49.7 Å². The minimum absolute atomic E-state index is 0.134. The molecule has 0 atom stereocenters. The number of carbonyl (C=O) groups is 2. The van der Waals surface area contributed by atoms with Crippen LogP contribution in [-0.2, 0) is 10.3 Å². The molecule has 1 N–H and O–H groups in total. The van der Waals surface area contributed by atoms with Gasteiger partial charge in [-0.2, -0.15) is 5.10 Å². The molecule has 2 aromatic rings. The third-order valence-corrected chi connectivity index (χ3v) is 5.04. The molecule has 0 bridgehead atoms. The van der Waals surface area contributed by atoms with E-state index in [-0.39, 0.29) is 5.91 Å². The first kappa shape index (κ1) is 15.7. The van der Waals surface area contributed by atoms with E-state index < -0.39 is 11.5 Å². The van der Waals surface area contributed by atoms with Crippen LogP contribution in [0.2, 0.25) is 0 Å². The Hall–Kier alpha value is -2.22. The van der Waals surface area contributed by atoms with Gasteiger partial charge in [-0.3, -0.25) is 9.48 Å². The van der Waals surface area contributed by atoms with Crippen molar-refractivity contribution in [1.82, 2.24) is 19.7 Å². The molecule has 7 nitrogen and oxygen atoms in total. The summed E-state index contributed by atoms with van der Waals surface area (Å²) in [6.07, 6.45) is 4.06. The Bertz CT molecular complexity index is 743. The summed E-state index contributed by atoms with van der Waals surface area (Å²) in [6.45, 7) is 4.48. The van der Waals surface area contributed by atoms with Gasteiger partial charge >= 0.3 is 5.97 Å². The first-order valence-corrected chi connectivity index (χ1v) is 8.27. The molecular weight excluding hydrogens is 316 g/mol. The molecule has 2 aromatic heterocycles. The highest BCUT2D eigenvalue weighted by molar-refractivity contribution is 7.09. The molecule has 1 fully saturated rings. The molecular formula is C15H18N4O3S. The summed E-state index contributed by atoms with van der Waals surface area (Å²) in [5, 5.41) is 16.5. The van der Waals surface area contributed by atoms with Gasteiger partial charge in [-0.1, -0.05) is 0 Å². The van der Waals surface area contributed by atoms with Crippen LogP contribution in [0, 0.1) is 13.8 Å². The van der Waals surface area contributed by atoms with E-state index in [9.17, 15) is 14.7 Å². The van der Waals surface area contributed by atoms with Crippen molar-refractivity contribution < 1.29 is 14.7 Å². The van der Waals surface area contributed by atoms with Gasteiger partial charge < -0.3 is 10.0 Å². The Morgan fingerprint density at radius 1 is 1.30 bits per heavy atom. The third kappa shape index (κ3) is 2.74. The van der Waals surface area contributed by atoms with Crippen LogP contribution in [0.5, 0.6) is 0 Å². The van der Waals surface area contributed by atoms with E-state index in [2.05, 4.69) is 10.1 Å². The fraction of sp³-hybridized carbons (Fsp3) is 0.467. The molecule has 1 aliphatic heterocycles. The van der Waals surface area contributed by atoms with E-state index in [1.807, 2.05) is 13.8 Å². The molecule has 0 spiro atoms. The van der Waals surface area contributed by atoms with E-state index >= 15 is 0 Å². The van der Waals surface area contributed by atoms with Crippen molar-refractivity contribution in [2.45, 2.75) is 32.2 Å². The van der Waals surface area contributed by atoms with E-state index in [1.54, 1.807) is 22.7 Å². The number of aromatic nitrogens is 3. The summed E-state index contributed by atoms with van der Waals surface area (Å²) in [6, 6.07) is 0. The van der Waals surface area contributed by atoms with E-state index in [0.717, 1.165) is 10.6 Å². The smallest absolute Gasteiger partial charge is 0.331 e. The Kier molecular flexibility index (Phi) is 3.93. The number of carboxylic acid groups (broad SMARTS) is 1. The maximum atomic E-state index is 12.4. The summed E-state index contributed by atoms with van der Waals surface area (Å²) in [5.41, 5.74) is 0.274. The number of piperidine rings is 1. The van der Waals surface area contributed by atoms with Gasteiger partial charge in [-0.25, -0.2) is 9.78 Å². The van der Waals surface area contributed by atoms with Gasteiger partial charge in [-0.05, 0) is 19.4 Å². The quantitative estimate of drug-likeness (QED) is 0.922. The minimum atomic E-state index is -1.08. The highest BCUT2D eigenvalue weighted by Gasteiger charge is 2.45. The second-order valence-corrected chi connectivity index (χ2v) is 6.91. The summed E-state index contributed by atoms with van der Waals surface area (Å²) >= 11 is 1.43. The molecule has 122 valence electrons. The normalized spacial score (nSPS) is 17.2. The standard InChI is InChI=1S/C15H18N4O3S/c1-10-7-16-19(8-10)15(14(21)22)3-5-18(6-4-15)13(20)12-9-23-11(2)17-12/h7-9H,3-6H2,1-2H3,(H,21,22). The molecule has 3 rings (SSSR count). The van der Waals surface area contributed by atoms with Crippen LogP contribution in [0.1, 0.15) is 33.9 Å². The van der Waals surface area contributed by atoms with Gasteiger partial charge in [0.2, 0.25) is 0 Å². The Labute approximate surface area is 137 Å². The summed E-state index contributed by atoms with van der Waals surface area (Å²) < 4.78 is 1.53. The molecule has 0 aromatic carbocycles. The molecule has 0 aliphatic carbocycles. The topological polar surface area (TPSA) is 88.3 Å². The van der Waals surface area contributed by atoms with Crippen LogP contribution < -0.4 is 0 Å². The number of aryl methyl sites for hydroxylation is 2. The average Bonchev–Trinajstić information content (AvgIpc) is 3.15. The van der Waals surface area contributed by atoms with Gasteiger partial charge in [0.15, 0.2) is 5.54 Å². The summed E-state index contributed by atoms with van der Waals surface area (Å²) in [4.78, 5) is 30.2. The number of carboxylic acids is 1. The van der Waals surface area contributed by atoms with Gasteiger partial charge in [0, 0.05) is 37.5 Å². The maximum absolute atomic E-state index is 12.4. The monoisotopic (exact) mass is 334 g/mol. The third-order valence-electron chi connectivity index (χ3n) is 4.26. The predicted octanol–water partition coefficient (Wildman–Crippen LogP) is 1.67. The molecule has 0 saturated carbocycles. The van der Waals surface area contributed by atoms with Gasteiger partial charge in [0.25, 0.3) is 5.91 Å². The van der Waals surface area contributed by atoms with Crippen molar-refractivity contribution >= 4 is 23.2 Å². The van der Waals surface area contributed by atoms with Crippen LogP contribution in [0.15, 0.2) is 17.8 Å². The fourth-order valence-electron chi connectivity index (χ4n) is 2.89. The number of thiazole rings is 1. The second-order valence-electron chi connectivity index (χ2n) is 5.84. The number of likely N-dealkylation sites (tertiary alicyclic amines) is 1. The lowest BCUT2D eigenvalue weighted by atomic mass is 9.87. The Morgan fingerprint density at radius 2 is 2.00 bits per heavy atom. The number of aliphatic carboxylic acids is 1. The SMILES string of the molecule is Cc1cnn(C2(C(=O)O)CCN(C(=O)c3csc(C)n3)CC2)c1. The first-order chi connectivity index (χ1) is 10.9. The van der Waals surface area contributed by atoms with Crippen LogP contribution in [0.4, 0.5) is 0 Å². The van der Waals surface area contributed by atoms with Crippen LogP contribution in [0.25, 0.3) is 0 Å². The summed E-state index contributed by atoms with van der Waals surface area (Å²) in [5.74, 6) is -1.04. The molecule has 0 radical (unpaired) electrons. The average molecular weight is 334 g/mol. The molecule has 8 heteroatoms. The number of nitrogens with zero attached hydrogens (tertiary/aromatic N) is 4. The van der Waals surface area contributed by atoms with Crippen molar-refractivity contribution in [3.8, 4) is 0 Å². The minimum Gasteiger partial charge on any atom is -0.479 e. The largest absolute Gasteiger partial charge is 0.479 e. The molecule has 1 saturated heterocycles. The van der Waals surface area contributed by atoms with Crippen molar-refractivity contribution in [2.75, 3.05) is 13.1 Å². The number of rotatable bonds is 3. The van der Waals surface area contributed by atoms with Crippen molar-refractivity contribution in [3.63, 3.8) is 0 Å². The maximum Gasteiger partial charge on any atom is 0.331 e. The van der Waals surface area contributed by atoms with Gasteiger partial charge in [0.05, 0.1) is 11.2 Å². The van der Waals surface area contributed by atoms with E-state index in [0.29, 0.717) is 31.6 Å². The van der Waals surface area contributed by atoms with Gasteiger partial charge in [0.1, 0.15) is 5.69 Å². The zero-order valence-electron chi connectivity index (χ0n) is 13.0. The van der Waals surface area contributed by atoms with Crippen molar-refractivity contribution in [2.24, 2.45) is 0 Å². The molecule has 1 aliphatic rings. The highest BCUT2D eigenvalue weighted by atomic mass is 32.1. The first-order valence-electron chi connectivity index (χ1n) is 7.39. The number of hydrogen-bond donors (Lipinski definition) is 1. The molecule has 0 unspecified atom stereocenters. The van der Waals surface area contributed by atoms with E-state index in [1.165, 1.54) is 16.0 Å². The van der Waals surface area contributed by atoms with Gasteiger partial charge in [-0.15, -0.1) is 11.3 Å². The molecule has 23 heavy (non-hydrogen) atoms. The zero-order chi connectivity index (χ0) is 16.6. The van der Waals surface area contributed by atoms with Crippen molar-refractivity contribution in [3.05, 3.63) is 34.0 Å². The Balaban J connectivity index is 1.78. The van der Waals surface area contributed by atoms with Crippen molar-refractivity contribution in [1.29, 1.82) is 0 Å². The molecule has 1 amide bonds. The highest BCUT2D eigenvalue weighted by Crippen LogP contribution is 2.31. The van der Waals surface area contributed by atoms with E-state index in [4.69, 9.17) is 0 Å². The lowest BCUT2D eigenvalue weighted by Crippen LogP contribution is -2.52.